The molecule has 0 nitrogen and oxygen atoms in total. The Morgan fingerprint density at radius 1 is 0.933 bits per heavy atom. The zero-order valence-electron chi connectivity index (χ0n) is 9.15. The predicted octanol–water partition coefficient (Wildman–Crippen LogP) is 4.58. The molecule has 88 valence electrons. The molecule has 15 heavy (non-hydrogen) atoms. The lowest BCUT2D eigenvalue weighted by Gasteiger charge is -2.41. The number of halogens is 3. The minimum absolute atomic E-state index is 0.0437. The second kappa shape index (κ2) is 4.02. The molecule has 1 spiro atoms. The van der Waals surface area contributed by atoms with E-state index in [-0.39, 0.29) is 11.3 Å². The quantitative estimate of drug-likeness (QED) is 0.596. The van der Waals surface area contributed by atoms with Crippen LogP contribution >= 0.6 is 0 Å². The Morgan fingerprint density at radius 2 is 1.53 bits per heavy atom. The molecule has 0 radical (unpaired) electrons. The molecule has 0 saturated heterocycles. The standard InChI is InChI=1S/C11H19BF3/c13-12(14,15)9-10-5-4-8-11(10)6-2-1-3-7-11/h10H,1-9H2/q-1. The van der Waals surface area contributed by atoms with Crippen LogP contribution in [0.2, 0.25) is 6.32 Å². The van der Waals surface area contributed by atoms with Crippen molar-refractivity contribution in [3.63, 3.8) is 0 Å². The smallest absolute Gasteiger partial charge is 0.449 e. The van der Waals surface area contributed by atoms with Crippen LogP contribution in [0.15, 0.2) is 0 Å². The SMILES string of the molecule is F[B-](F)(F)CC1CCCC12CCCCC2. The van der Waals surface area contributed by atoms with Crippen molar-refractivity contribution in [2.24, 2.45) is 11.3 Å². The van der Waals surface area contributed by atoms with E-state index in [0.29, 0.717) is 0 Å². The van der Waals surface area contributed by atoms with Crippen molar-refractivity contribution in [3.05, 3.63) is 0 Å². The highest BCUT2D eigenvalue weighted by Gasteiger charge is 2.45. The Hall–Kier alpha value is -0.145. The van der Waals surface area contributed by atoms with Crippen molar-refractivity contribution in [1.29, 1.82) is 0 Å². The van der Waals surface area contributed by atoms with Gasteiger partial charge in [-0.05, 0) is 24.7 Å². The maximum Gasteiger partial charge on any atom is 0.478 e. The van der Waals surface area contributed by atoms with E-state index in [0.717, 1.165) is 44.9 Å². The molecule has 0 aromatic carbocycles. The second-order valence-corrected chi connectivity index (χ2v) is 5.46. The summed E-state index contributed by atoms with van der Waals surface area (Å²) in [6.45, 7) is -4.58. The molecule has 2 saturated carbocycles. The molecule has 1 atom stereocenters. The van der Waals surface area contributed by atoms with E-state index in [2.05, 4.69) is 0 Å². The van der Waals surface area contributed by atoms with Crippen LogP contribution in [-0.4, -0.2) is 6.98 Å². The third kappa shape index (κ3) is 2.51. The summed E-state index contributed by atoms with van der Waals surface area (Å²) >= 11 is 0. The van der Waals surface area contributed by atoms with E-state index >= 15 is 0 Å². The van der Waals surface area contributed by atoms with Crippen molar-refractivity contribution in [2.75, 3.05) is 0 Å². The zero-order valence-corrected chi connectivity index (χ0v) is 9.15. The minimum atomic E-state index is -4.58. The fourth-order valence-corrected chi connectivity index (χ4v) is 3.82. The molecule has 1 unspecified atom stereocenters. The fraction of sp³-hybridized carbons (Fsp3) is 1.00. The maximum absolute atomic E-state index is 12.5. The predicted molar refractivity (Wildman–Crippen MR) is 56.7 cm³/mol. The van der Waals surface area contributed by atoms with Gasteiger partial charge in [-0.1, -0.05) is 44.3 Å². The Kier molecular flexibility index (Phi) is 3.04. The minimum Gasteiger partial charge on any atom is -0.449 e. The Morgan fingerprint density at radius 3 is 2.13 bits per heavy atom. The highest BCUT2D eigenvalue weighted by atomic mass is 19.4. The van der Waals surface area contributed by atoms with Crippen molar-refractivity contribution < 1.29 is 12.9 Å². The molecule has 4 heteroatoms. The molecular formula is C11H19BF3-. The van der Waals surface area contributed by atoms with Gasteiger partial charge in [0.25, 0.3) is 0 Å². The Bertz CT molecular complexity index is 218. The molecule has 0 amide bonds. The van der Waals surface area contributed by atoms with E-state index in [1.165, 1.54) is 6.42 Å². The van der Waals surface area contributed by atoms with Gasteiger partial charge in [0.05, 0.1) is 0 Å². The summed E-state index contributed by atoms with van der Waals surface area (Å²) < 4.78 is 37.5. The third-order valence-corrected chi connectivity index (χ3v) is 4.49. The first-order chi connectivity index (χ1) is 7.02. The monoisotopic (exact) mass is 219 g/mol. The molecule has 2 fully saturated rings. The van der Waals surface area contributed by atoms with Crippen molar-refractivity contribution >= 4 is 6.98 Å². The van der Waals surface area contributed by atoms with Gasteiger partial charge in [0, 0.05) is 0 Å². The normalized spacial score (nSPS) is 31.0. The zero-order chi connectivity index (χ0) is 10.9. The van der Waals surface area contributed by atoms with Crippen LogP contribution < -0.4 is 0 Å². The van der Waals surface area contributed by atoms with Gasteiger partial charge >= 0.3 is 6.98 Å². The van der Waals surface area contributed by atoms with E-state index in [4.69, 9.17) is 0 Å². The lowest BCUT2D eigenvalue weighted by atomic mass is 9.61. The molecule has 2 aliphatic carbocycles. The molecule has 0 heterocycles. The molecule has 0 bridgehead atoms. The van der Waals surface area contributed by atoms with Gasteiger partial charge in [-0.3, -0.25) is 0 Å². The van der Waals surface area contributed by atoms with Crippen molar-refractivity contribution in [3.8, 4) is 0 Å². The first-order valence-corrected chi connectivity index (χ1v) is 6.23. The summed E-state index contributed by atoms with van der Waals surface area (Å²) in [5.41, 5.74) is 0.0928. The first-order valence-electron chi connectivity index (χ1n) is 6.23. The lowest BCUT2D eigenvalue weighted by Crippen LogP contribution is -2.32. The first kappa shape index (κ1) is 11.3. The average Bonchev–Trinajstić information content (AvgIpc) is 2.48. The summed E-state index contributed by atoms with van der Waals surface area (Å²) in [6, 6.07) is 0. The second-order valence-electron chi connectivity index (χ2n) is 5.46. The van der Waals surface area contributed by atoms with Gasteiger partial charge in [0.1, 0.15) is 0 Å². The van der Waals surface area contributed by atoms with Gasteiger partial charge in [-0.15, -0.1) is 0 Å². The van der Waals surface area contributed by atoms with Gasteiger partial charge in [0.2, 0.25) is 0 Å². The van der Waals surface area contributed by atoms with Gasteiger partial charge in [0.15, 0.2) is 0 Å². The molecule has 0 aromatic rings. The van der Waals surface area contributed by atoms with E-state index in [9.17, 15) is 12.9 Å². The molecule has 0 N–H and O–H groups in total. The van der Waals surface area contributed by atoms with Gasteiger partial charge in [-0.2, -0.15) is 0 Å². The fourth-order valence-electron chi connectivity index (χ4n) is 3.82. The van der Waals surface area contributed by atoms with Gasteiger partial charge < -0.3 is 12.9 Å². The summed E-state index contributed by atoms with van der Waals surface area (Å²) in [5.74, 6) is -0.0437. The number of hydrogen-bond donors (Lipinski definition) is 0. The summed E-state index contributed by atoms with van der Waals surface area (Å²) in [6.07, 6.45) is 8.09. The van der Waals surface area contributed by atoms with Crippen LogP contribution in [0.5, 0.6) is 0 Å². The Balaban J connectivity index is 2.03. The van der Waals surface area contributed by atoms with Crippen LogP contribution in [0.1, 0.15) is 51.4 Å². The van der Waals surface area contributed by atoms with Gasteiger partial charge in [-0.25, -0.2) is 0 Å². The summed E-state index contributed by atoms with van der Waals surface area (Å²) in [5, 5.41) is 0. The Labute approximate surface area is 89.7 Å². The summed E-state index contributed by atoms with van der Waals surface area (Å²) in [4.78, 5) is 0. The van der Waals surface area contributed by atoms with E-state index in [1.54, 1.807) is 0 Å². The molecule has 0 aromatic heterocycles. The molecule has 0 aliphatic heterocycles. The van der Waals surface area contributed by atoms with Crippen LogP contribution in [0, 0.1) is 11.3 Å². The average molecular weight is 219 g/mol. The van der Waals surface area contributed by atoms with E-state index in [1.807, 2.05) is 0 Å². The van der Waals surface area contributed by atoms with E-state index < -0.39 is 13.3 Å². The molecule has 2 rings (SSSR count). The highest BCUT2D eigenvalue weighted by Crippen LogP contribution is 2.55. The topological polar surface area (TPSA) is 0 Å². The highest BCUT2D eigenvalue weighted by molar-refractivity contribution is 6.58. The third-order valence-electron chi connectivity index (χ3n) is 4.49. The van der Waals surface area contributed by atoms with Crippen LogP contribution in [0.3, 0.4) is 0 Å². The molecule has 2 aliphatic rings. The van der Waals surface area contributed by atoms with Crippen LogP contribution in [0.25, 0.3) is 0 Å². The maximum atomic E-state index is 12.5. The largest absolute Gasteiger partial charge is 0.478 e. The molecular weight excluding hydrogens is 200 g/mol. The van der Waals surface area contributed by atoms with Crippen molar-refractivity contribution in [2.45, 2.75) is 57.7 Å². The lowest BCUT2D eigenvalue weighted by molar-refractivity contribution is 0.133. The van der Waals surface area contributed by atoms with Crippen molar-refractivity contribution in [1.82, 2.24) is 0 Å². The summed E-state index contributed by atoms with van der Waals surface area (Å²) in [7, 11) is 0. The number of rotatable bonds is 2. The number of hydrogen-bond acceptors (Lipinski definition) is 0. The van der Waals surface area contributed by atoms with Crippen LogP contribution in [-0.2, 0) is 0 Å². The van der Waals surface area contributed by atoms with Crippen LogP contribution in [0.4, 0.5) is 12.9 Å².